The van der Waals surface area contributed by atoms with Crippen LogP contribution >= 0.6 is 23.2 Å². The van der Waals surface area contributed by atoms with Crippen molar-refractivity contribution in [2.24, 2.45) is 0 Å². The van der Waals surface area contributed by atoms with Crippen molar-refractivity contribution in [2.45, 2.75) is 25.5 Å². The van der Waals surface area contributed by atoms with Gasteiger partial charge in [0.05, 0.1) is 29.3 Å². The van der Waals surface area contributed by atoms with Crippen LogP contribution in [0.1, 0.15) is 28.8 Å². The summed E-state index contributed by atoms with van der Waals surface area (Å²) in [7, 11) is 0. The highest BCUT2D eigenvalue weighted by molar-refractivity contribution is 6.40. The summed E-state index contributed by atoms with van der Waals surface area (Å²) >= 11 is 12.6. The Hall–Kier alpha value is -3.38. The first-order chi connectivity index (χ1) is 19.2. The quantitative estimate of drug-likeness (QED) is 0.311. The third-order valence-corrected chi connectivity index (χ3v) is 6.60. The van der Waals surface area contributed by atoms with Crippen molar-refractivity contribution in [3.63, 3.8) is 0 Å². The van der Waals surface area contributed by atoms with Gasteiger partial charge in [0, 0.05) is 26.1 Å². The summed E-state index contributed by atoms with van der Waals surface area (Å²) in [4.78, 5) is 51.1. The molecule has 11 nitrogen and oxygen atoms in total. The van der Waals surface area contributed by atoms with E-state index in [1.165, 1.54) is 12.1 Å². The number of halogens is 2. The number of ketones is 1. The van der Waals surface area contributed by atoms with Gasteiger partial charge < -0.3 is 29.4 Å². The Bertz CT molecular complexity index is 1170. The van der Waals surface area contributed by atoms with Crippen molar-refractivity contribution in [1.82, 2.24) is 10.2 Å². The number of rotatable bonds is 14. The van der Waals surface area contributed by atoms with Crippen LogP contribution in [0, 0.1) is 0 Å². The number of hydrogen-bond acceptors (Lipinski definition) is 9. The SMILES string of the molecule is O=C(O)CC[C@H](NC(=O)OCc1ccccc1)C(=O)COC(=O)c1c(Cl)ccc(OCCN2CCOCC2)c1Cl. The first-order valence-electron chi connectivity index (χ1n) is 12.5. The van der Waals surface area contributed by atoms with Gasteiger partial charge in [-0.1, -0.05) is 53.5 Å². The third kappa shape index (κ3) is 9.98. The van der Waals surface area contributed by atoms with E-state index in [9.17, 15) is 19.2 Å². The zero-order valence-electron chi connectivity index (χ0n) is 21.6. The molecular weight excluding hydrogens is 567 g/mol. The van der Waals surface area contributed by atoms with E-state index in [0.29, 0.717) is 26.4 Å². The monoisotopic (exact) mass is 596 g/mol. The van der Waals surface area contributed by atoms with Crippen LogP contribution in [0.5, 0.6) is 5.75 Å². The van der Waals surface area contributed by atoms with Gasteiger partial charge in [-0.2, -0.15) is 0 Å². The standard InChI is InChI=1S/C27H30Cl2N2O9/c28-19-6-8-22(38-15-12-31-10-13-37-14-11-31)25(29)24(19)26(35)39-17-21(32)20(7-9-23(33)34)30-27(36)40-16-18-4-2-1-3-5-18/h1-6,8,20H,7,9-17H2,(H,30,36)(H,33,34)/t20-/m0/s1. The van der Waals surface area contributed by atoms with Gasteiger partial charge in [-0.25, -0.2) is 9.59 Å². The highest BCUT2D eigenvalue weighted by Gasteiger charge is 2.26. The molecule has 1 aliphatic heterocycles. The molecule has 2 aromatic carbocycles. The molecule has 0 saturated carbocycles. The number of ether oxygens (including phenoxy) is 4. The van der Waals surface area contributed by atoms with Crippen LogP contribution in [0.15, 0.2) is 42.5 Å². The minimum atomic E-state index is -1.27. The van der Waals surface area contributed by atoms with Crippen LogP contribution in [0.2, 0.25) is 10.0 Å². The molecule has 3 rings (SSSR count). The predicted octanol–water partition coefficient (Wildman–Crippen LogP) is 3.59. The third-order valence-electron chi connectivity index (χ3n) is 5.91. The van der Waals surface area contributed by atoms with Gasteiger partial charge in [-0.15, -0.1) is 0 Å². The maximum Gasteiger partial charge on any atom is 0.408 e. The number of carboxylic acid groups (broad SMARTS) is 1. The van der Waals surface area contributed by atoms with Crippen LogP contribution in [-0.4, -0.2) is 85.9 Å². The maximum absolute atomic E-state index is 12.8. The Morgan fingerprint density at radius 1 is 1.02 bits per heavy atom. The molecule has 40 heavy (non-hydrogen) atoms. The van der Waals surface area contributed by atoms with Crippen molar-refractivity contribution >= 4 is 47.0 Å². The number of amides is 1. The van der Waals surface area contributed by atoms with Gasteiger partial charge in [-0.05, 0) is 24.1 Å². The zero-order chi connectivity index (χ0) is 28.9. The molecule has 216 valence electrons. The Balaban J connectivity index is 1.56. The highest BCUT2D eigenvalue weighted by atomic mass is 35.5. The van der Waals surface area contributed by atoms with Gasteiger partial charge in [0.15, 0.2) is 12.4 Å². The van der Waals surface area contributed by atoms with Crippen LogP contribution < -0.4 is 10.1 Å². The van der Waals surface area contributed by atoms with E-state index < -0.39 is 42.9 Å². The molecule has 1 saturated heterocycles. The zero-order valence-corrected chi connectivity index (χ0v) is 23.1. The second-order valence-corrected chi connectivity index (χ2v) is 9.56. The molecule has 0 aliphatic carbocycles. The number of aliphatic carboxylic acids is 1. The average molecular weight is 597 g/mol. The lowest BCUT2D eigenvalue weighted by molar-refractivity contribution is -0.137. The van der Waals surface area contributed by atoms with Crippen molar-refractivity contribution in [1.29, 1.82) is 0 Å². The van der Waals surface area contributed by atoms with Crippen LogP contribution in [-0.2, 0) is 30.4 Å². The summed E-state index contributed by atoms with van der Waals surface area (Å²) in [5.74, 6) is -2.67. The van der Waals surface area contributed by atoms with Crippen LogP contribution in [0.25, 0.3) is 0 Å². The van der Waals surface area contributed by atoms with E-state index in [1.54, 1.807) is 24.3 Å². The van der Waals surface area contributed by atoms with E-state index in [-0.39, 0.29) is 34.4 Å². The molecule has 1 atom stereocenters. The van der Waals surface area contributed by atoms with Gasteiger partial charge >= 0.3 is 18.0 Å². The number of nitrogens with zero attached hydrogens (tertiary/aromatic N) is 1. The summed E-state index contributed by atoms with van der Waals surface area (Å²) in [6, 6.07) is 10.5. The molecule has 1 aliphatic rings. The molecule has 0 unspecified atom stereocenters. The molecule has 0 radical (unpaired) electrons. The number of carboxylic acids is 1. The number of hydrogen-bond donors (Lipinski definition) is 2. The topological polar surface area (TPSA) is 141 Å². The number of carbonyl (C=O) groups is 4. The van der Waals surface area contributed by atoms with Crippen molar-refractivity contribution in [3.05, 3.63) is 63.6 Å². The van der Waals surface area contributed by atoms with E-state index in [1.807, 2.05) is 6.07 Å². The summed E-state index contributed by atoms with van der Waals surface area (Å²) < 4.78 is 21.3. The lowest BCUT2D eigenvalue weighted by atomic mass is 10.1. The van der Waals surface area contributed by atoms with Gasteiger partial charge in [-0.3, -0.25) is 14.5 Å². The van der Waals surface area contributed by atoms with Crippen LogP contribution in [0.3, 0.4) is 0 Å². The van der Waals surface area contributed by atoms with Gasteiger partial charge in [0.1, 0.15) is 24.5 Å². The average Bonchev–Trinajstić information content (AvgIpc) is 2.95. The fourth-order valence-corrected chi connectivity index (χ4v) is 4.32. The number of esters is 1. The lowest BCUT2D eigenvalue weighted by Gasteiger charge is -2.26. The minimum Gasteiger partial charge on any atom is -0.491 e. The number of Topliss-reactive ketones (excluding diaryl/α,β-unsaturated/α-hetero) is 1. The highest BCUT2D eigenvalue weighted by Crippen LogP contribution is 2.34. The lowest BCUT2D eigenvalue weighted by Crippen LogP contribution is -2.43. The number of nitrogens with one attached hydrogen (secondary N) is 1. The molecule has 1 fully saturated rings. The number of benzene rings is 2. The van der Waals surface area contributed by atoms with E-state index >= 15 is 0 Å². The van der Waals surface area contributed by atoms with E-state index in [0.717, 1.165) is 18.7 Å². The summed E-state index contributed by atoms with van der Waals surface area (Å²) in [5.41, 5.74) is 0.540. The number of carbonyl (C=O) groups excluding carboxylic acids is 3. The van der Waals surface area contributed by atoms with Gasteiger partial charge in [0.25, 0.3) is 0 Å². The predicted molar refractivity (Wildman–Crippen MR) is 145 cm³/mol. The fourth-order valence-electron chi connectivity index (χ4n) is 3.74. The number of alkyl carbamates (subject to hydrolysis) is 1. The summed E-state index contributed by atoms with van der Waals surface area (Å²) in [6.07, 6.45) is -1.57. The number of morpholine rings is 1. The Labute approximate surface area is 241 Å². The molecular formula is C27H30Cl2N2O9. The first-order valence-corrected chi connectivity index (χ1v) is 13.3. The largest absolute Gasteiger partial charge is 0.491 e. The second kappa shape index (κ2) is 16.0. The Morgan fingerprint density at radius 2 is 1.75 bits per heavy atom. The smallest absolute Gasteiger partial charge is 0.408 e. The summed E-state index contributed by atoms with van der Waals surface area (Å²) in [5, 5.41) is 11.3. The van der Waals surface area contributed by atoms with Crippen molar-refractivity contribution < 1.29 is 43.2 Å². The second-order valence-electron chi connectivity index (χ2n) is 8.77. The van der Waals surface area contributed by atoms with Crippen molar-refractivity contribution in [2.75, 3.05) is 46.1 Å². The molecule has 1 heterocycles. The first kappa shape index (κ1) is 31.2. The minimum absolute atomic E-state index is 0.00646. The molecule has 0 aromatic heterocycles. The molecule has 13 heteroatoms. The Morgan fingerprint density at radius 3 is 2.45 bits per heavy atom. The summed E-state index contributed by atoms with van der Waals surface area (Å²) in [6.45, 7) is 3.00. The molecule has 0 bridgehead atoms. The normalized spacial score (nSPS) is 14.2. The molecule has 2 aromatic rings. The van der Waals surface area contributed by atoms with Gasteiger partial charge in [0.2, 0.25) is 0 Å². The molecule has 2 N–H and O–H groups in total. The maximum atomic E-state index is 12.8. The van der Waals surface area contributed by atoms with E-state index in [2.05, 4.69) is 10.2 Å². The fraction of sp³-hybridized carbons (Fsp3) is 0.407. The van der Waals surface area contributed by atoms with Crippen LogP contribution in [0.4, 0.5) is 4.79 Å². The molecule has 0 spiro atoms. The van der Waals surface area contributed by atoms with E-state index in [4.69, 9.17) is 47.3 Å². The van der Waals surface area contributed by atoms with Crippen molar-refractivity contribution in [3.8, 4) is 5.75 Å². The molecule has 1 amide bonds. The Kier molecular flexibility index (Phi) is 12.5.